The zero-order valence-corrected chi connectivity index (χ0v) is 14.1. The molecule has 0 saturated carbocycles. The minimum atomic E-state index is 0.146. The maximum atomic E-state index is 12.3. The van der Waals surface area contributed by atoms with Crippen LogP contribution in [0.3, 0.4) is 0 Å². The van der Waals surface area contributed by atoms with Crippen LogP contribution in [-0.4, -0.2) is 43.5 Å². The molecule has 0 bridgehead atoms. The second-order valence-corrected chi connectivity index (χ2v) is 7.08. The van der Waals surface area contributed by atoms with Gasteiger partial charge in [0, 0.05) is 13.1 Å². The molecule has 4 nitrogen and oxygen atoms in total. The molecule has 0 radical (unpaired) electrons. The van der Waals surface area contributed by atoms with Gasteiger partial charge in [-0.25, -0.2) is 0 Å². The number of likely N-dealkylation sites (tertiary alicyclic amines) is 1. The van der Waals surface area contributed by atoms with Crippen molar-refractivity contribution in [2.75, 3.05) is 32.7 Å². The monoisotopic (exact) mass is 315 g/mol. The summed E-state index contributed by atoms with van der Waals surface area (Å²) in [7, 11) is 0. The summed E-state index contributed by atoms with van der Waals surface area (Å²) >= 11 is 0. The van der Waals surface area contributed by atoms with Crippen LogP contribution in [0.25, 0.3) is 0 Å². The predicted molar refractivity (Wildman–Crippen MR) is 93.1 cm³/mol. The molecular formula is C19H29N3O. The van der Waals surface area contributed by atoms with Crippen molar-refractivity contribution in [3.8, 4) is 0 Å². The lowest BCUT2D eigenvalue weighted by atomic mass is 9.95. The van der Waals surface area contributed by atoms with Gasteiger partial charge < -0.3 is 10.6 Å². The number of carbonyl (C=O) groups is 1. The van der Waals surface area contributed by atoms with Gasteiger partial charge in [0.1, 0.15) is 0 Å². The summed E-state index contributed by atoms with van der Waals surface area (Å²) in [6.07, 6.45) is 3.47. The minimum absolute atomic E-state index is 0.146. The van der Waals surface area contributed by atoms with E-state index in [2.05, 4.69) is 52.8 Å². The Morgan fingerprint density at radius 2 is 2.00 bits per heavy atom. The summed E-state index contributed by atoms with van der Waals surface area (Å²) < 4.78 is 0. The van der Waals surface area contributed by atoms with Crippen molar-refractivity contribution in [1.82, 2.24) is 15.5 Å². The highest BCUT2D eigenvalue weighted by atomic mass is 16.1. The molecular weight excluding hydrogens is 286 g/mol. The summed E-state index contributed by atoms with van der Waals surface area (Å²) in [5.74, 6) is 1.18. The largest absolute Gasteiger partial charge is 0.354 e. The van der Waals surface area contributed by atoms with Crippen LogP contribution in [0.2, 0.25) is 0 Å². The number of nitrogens with one attached hydrogen (secondary N) is 2. The van der Waals surface area contributed by atoms with Crippen molar-refractivity contribution >= 4 is 5.91 Å². The Balaban J connectivity index is 1.64. The lowest BCUT2D eigenvalue weighted by Crippen LogP contribution is -2.43. The Bertz CT molecular complexity index is 491. The Kier molecular flexibility index (Phi) is 5.68. The molecule has 1 amide bonds. The van der Waals surface area contributed by atoms with E-state index in [4.69, 9.17) is 0 Å². The third kappa shape index (κ3) is 4.33. The van der Waals surface area contributed by atoms with E-state index in [1.165, 1.54) is 18.4 Å². The van der Waals surface area contributed by atoms with Gasteiger partial charge in [0.25, 0.3) is 0 Å². The molecule has 0 aromatic heterocycles. The fourth-order valence-corrected chi connectivity index (χ4v) is 3.69. The molecule has 126 valence electrons. The van der Waals surface area contributed by atoms with Crippen molar-refractivity contribution in [2.24, 2.45) is 11.8 Å². The van der Waals surface area contributed by atoms with Crippen molar-refractivity contribution in [3.05, 3.63) is 35.9 Å². The normalized spacial score (nSPS) is 24.5. The fraction of sp³-hybridized carbons (Fsp3) is 0.632. The van der Waals surface area contributed by atoms with E-state index < -0.39 is 0 Å². The Labute approximate surface area is 139 Å². The highest BCUT2D eigenvalue weighted by Gasteiger charge is 2.27. The molecule has 2 saturated heterocycles. The minimum Gasteiger partial charge on any atom is -0.354 e. The molecule has 4 heteroatoms. The first-order chi connectivity index (χ1) is 11.2. The molecule has 0 spiro atoms. The second-order valence-electron chi connectivity index (χ2n) is 7.08. The highest BCUT2D eigenvalue weighted by molar-refractivity contribution is 5.79. The van der Waals surface area contributed by atoms with Crippen molar-refractivity contribution < 1.29 is 4.79 Å². The molecule has 2 atom stereocenters. The maximum Gasteiger partial charge on any atom is 0.224 e. The highest BCUT2D eigenvalue weighted by Crippen LogP contribution is 2.26. The summed E-state index contributed by atoms with van der Waals surface area (Å²) in [4.78, 5) is 14.9. The topological polar surface area (TPSA) is 44.4 Å². The first kappa shape index (κ1) is 16.5. The molecule has 2 unspecified atom stereocenters. The first-order valence-corrected chi connectivity index (χ1v) is 9.01. The van der Waals surface area contributed by atoms with Gasteiger partial charge in [-0.1, -0.05) is 37.3 Å². The molecule has 2 aliphatic heterocycles. The van der Waals surface area contributed by atoms with E-state index in [0.29, 0.717) is 12.6 Å². The lowest BCUT2D eigenvalue weighted by molar-refractivity contribution is -0.124. The van der Waals surface area contributed by atoms with Crippen LogP contribution in [0.15, 0.2) is 30.3 Å². The quantitative estimate of drug-likeness (QED) is 0.875. The summed E-state index contributed by atoms with van der Waals surface area (Å²) in [5.41, 5.74) is 1.31. The maximum absolute atomic E-state index is 12.3. The van der Waals surface area contributed by atoms with E-state index in [1.807, 2.05) is 0 Å². The number of piperidine rings is 1. The number of amides is 1. The van der Waals surface area contributed by atoms with Crippen LogP contribution >= 0.6 is 0 Å². The number of benzene rings is 1. The van der Waals surface area contributed by atoms with Crippen LogP contribution < -0.4 is 10.6 Å². The molecule has 0 aliphatic carbocycles. The number of nitrogens with zero attached hydrogens (tertiary/aromatic N) is 1. The van der Waals surface area contributed by atoms with E-state index in [0.717, 1.165) is 38.5 Å². The van der Waals surface area contributed by atoms with Crippen LogP contribution in [0, 0.1) is 11.8 Å². The van der Waals surface area contributed by atoms with E-state index in [-0.39, 0.29) is 11.8 Å². The van der Waals surface area contributed by atoms with Crippen LogP contribution in [-0.2, 0) is 4.79 Å². The SMILES string of the molecule is CC1CCN(C(CNC(=O)C2CCNC2)c2ccccc2)CC1. The fourth-order valence-electron chi connectivity index (χ4n) is 3.69. The van der Waals surface area contributed by atoms with Gasteiger partial charge in [0.15, 0.2) is 0 Å². The van der Waals surface area contributed by atoms with Gasteiger partial charge in [-0.15, -0.1) is 0 Å². The number of hydrogen-bond acceptors (Lipinski definition) is 3. The third-order valence-corrected chi connectivity index (χ3v) is 5.34. The van der Waals surface area contributed by atoms with Crippen LogP contribution in [0.4, 0.5) is 0 Å². The van der Waals surface area contributed by atoms with Gasteiger partial charge in [-0.05, 0) is 50.4 Å². The standard InChI is InChI=1S/C19H29N3O/c1-15-8-11-22(12-9-15)18(16-5-3-2-4-6-16)14-21-19(23)17-7-10-20-13-17/h2-6,15,17-18,20H,7-14H2,1H3,(H,21,23). The zero-order chi connectivity index (χ0) is 16.1. The van der Waals surface area contributed by atoms with Gasteiger partial charge >= 0.3 is 0 Å². The molecule has 1 aromatic carbocycles. The van der Waals surface area contributed by atoms with Gasteiger partial charge in [-0.2, -0.15) is 0 Å². The van der Waals surface area contributed by atoms with E-state index in [1.54, 1.807) is 0 Å². The average molecular weight is 315 g/mol. The summed E-state index contributed by atoms with van der Waals surface area (Å²) in [6.45, 7) is 7.09. The van der Waals surface area contributed by atoms with Crippen LogP contribution in [0.5, 0.6) is 0 Å². The number of hydrogen-bond donors (Lipinski definition) is 2. The van der Waals surface area contributed by atoms with Crippen molar-refractivity contribution in [1.29, 1.82) is 0 Å². The second kappa shape index (κ2) is 7.93. The smallest absolute Gasteiger partial charge is 0.224 e. The Morgan fingerprint density at radius 1 is 1.26 bits per heavy atom. The average Bonchev–Trinajstić information content (AvgIpc) is 3.12. The Morgan fingerprint density at radius 3 is 2.65 bits per heavy atom. The van der Waals surface area contributed by atoms with Crippen LogP contribution in [0.1, 0.15) is 37.8 Å². The van der Waals surface area contributed by atoms with Gasteiger partial charge in [0.05, 0.1) is 12.0 Å². The van der Waals surface area contributed by atoms with Gasteiger partial charge in [0.2, 0.25) is 5.91 Å². The first-order valence-electron chi connectivity index (χ1n) is 9.01. The molecule has 2 aliphatic rings. The predicted octanol–water partition coefficient (Wildman–Crippen LogP) is 2.19. The molecule has 23 heavy (non-hydrogen) atoms. The number of carbonyl (C=O) groups excluding carboxylic acids is 1. The van der Waals surface area contributed by atoms with E-state index >= 15 is 0 Å². The zero-order valence-electron chi connectivity index (χ0n) is 14.1. The van der Waals surface area contributed by atoms with Crippen molar-refractivity contribution in [2.45, 2.75) is 32.2 Å². The Hall–Kier alpha value is -1.39. The molecule has 2 fully saturated rings. The van der Waals surface area contributed by atoms with E-state index in [9.17, 15) is 4.79 Å². The molecule has 2 N–H and O–H groups in total. The third-order valence-electron chi connectivity index (χ3n) is 5.34. The lowest BCUT2D eigenvalue weighted by Gasteiger charge is -2.37. The number of rotatable bonds is 5. The summed E-state index contributed by atoms with van der Waals surface area (Å²) in [5, 5.41) is 6.48. The molecule has 3 rings (SSSR count). The molecule has 1 aromatic rings. The van der Waals surface area contributed by atoms with Crippen molar-refractivity contribution in [3.63, 3.8) is 0 Å². The molecule has 2 heterocycles. The summed E-state index contributed by atoms with van der Waals surface area (Å²) in [6, 6.07) is 10.9. The van der Waals surface area contributed by atoms with Gasteiger partial charge in [-0.3, -0.25) is 9.69 Å².